The van der Waals surface area contributed by atoms with E-state index in [9.17, 15) is 9.90 Å². The van der Waals surface area contributed by atoms with Gasteiger partial charge in [-0.1, -0.05) is 25.0 Å². The largest absolute Gasteiger partial charge is 0.497 e. The second-order valence-corrected chi connectivity index (χ2v) is 5.07. The monoisotopic (exact) mass is 263 g/mol. The van der Waals surface area contributed by atoms with Crippen molar-refractivity contribution in [3.8, 4) is 5.75 Å². The Bertz CT molecular complexity index is 433. The zero-order valence-electron chi connectivity index (χ0n) is 11.3. The maximum Gasteiger partial charge on any atom is 0.308 e. The lowest BCUT2D eigenvalue weighted by Crippen LogP contribution is -2.41. The Labute approximate surface area is 113 Å². The molecule has 0 aromatic heterocycles. The summed E-state index contributed by atoms with van der Waals surface area (Å²) >= 11 is 0. The average molecular weight is 263 g/mol. The molecule has 1 aliphatic carbocycles. The van der Waals surface area contributed by atoms with E-state index in [0.717, 1.165) is 37.0 Å². The van der Waals surface area contributed by atoms with Gasteiger partial charge in [-0.15, -0.1) is 0 Å². The first-order valence-corrected chi connectivity index (χ1v) is 6.80. The Kier molecular flexibility index (Phi) is 4.80. The van der Waals surface area contributed by atoms with E-state index >= 15 is 0 Å². The summed E-state index contributed by atoms with van der Waals surface area (Å²) in [5.74, 6) is -0.0973. The van der Waals surface area contributed by atoms with E-state index in [-0.39, 0.29) is 12.0 Å². The van der Waals surface area contributed by atoms with Crippen molar-refractivity contribution in [3.63, 3.8) is 0 Å². The van der Waals surface area contributed by atoms with E-state index in [1.807, 2.05) is 24.3 Å². The highest BCUT2D eigenvalue weighted by Gasteiger charge is 2.30. The Balaban J connectivity index is 1.94. The fraction of sp³-hybridized carbons (Fsp3) is 0.533. The molecule has 104 valence electrons. The molecular formula is C15H21NO3. The molecule has 0 bridgehead atoms. The molecule has 4 nitrogen and oxygen atoms in total. The van der Waals surface area contributed by atoms with Crippen LogP contribution in [0.5, 0.6) is 5.75 Å². The minimum atomic E-state index is -0.678. The number of hydrogen-bond acceptors (Lipinski definition) is 3. The van der Waals surface area contributed by atoms with Crippen molar-refractivity contribution >= 4 is 5.97 Å². The lowest BCUT2D eigenvalue weighted by Gasteiger charge is -2.29. The lowest BCUT2D eigenvalue weighted by atomic mass is 9.84. The van der Waals surface area contributed by atoms with Crippen molar-refractivity contribution in [1.29, 1.82) is 0 Å². The molecule has 0 saturated heterocycles. The fourth-order valence-corrected chi connectivity index (χ4v) is 2.70. The molecule has 1 aromatic carbocycles. The molecule has 1 fully saturated rings. The second-order valence-electron chi connectivity index (χ2n) is 5.07. The van der Waals surface area contributed by atoms with Crippen LogP contribution in [0.15, 0.2) is 24.3 Å². The Morgan fingerprint density at radius 1 is 1.42 bits per heavy atom. The molecule has 2 atom stereocenters. The van der Waals surface area contributed by atoms with Crippen LogP contribution < -0.4 is 10.1 Å². The van der Waals surface area contributed by atoms with Crippen LogP contribution in [0.25, 0.3) is 0 Å². The highest BCUT2D eigenvalue weighted by atomic mass is 16.5. The van der Waals surface area contributed by atoms with Crippen LogP contribution in [0.4, 0.5) is 0 Å². The molecule has 1 saturated carbocycles. The maximum atomic E-state index is 11.2. The molecule has 0 unspecified atom stereocenters. The Morgan fingerprint density at radius 3 is 2.95 bits per heavy atom. The number of benzene rings is 1. The number of carbonyl (C=O) groups is 1. The first-order valence-electron chi connectivity index (χ1n) is 6.80. The maximum absolute atomic E-state index is 11.2. The summed E-state index contributed by atoms with van der Waals surface area (Å²) in [7, 11) is 1.65. The molecule has 1 aliphatic rings. The lowest BCUT2D eigenvalue weighted by molar-refractivity contribution is -0.143. The van der Waals surface area contributed by atoms with Gasteiger partial charge in [0.25, 0.3) is 0 Å². The van der Waals surface area contributed by atoms with Crippen molar-refractivity contribution < 1.29 is 14.6 Å². The predicted molar refractivity (Wildman–Crippen MR) is 73.2 cm³/mol. The van der Waals surface area contributed by atoms with Crippen LogP contribution in [0.2, 0.25) is 0 Å². The first kappa shape index (κ1) is 13.9. The van der Waals surface area contributed by atoms with Crippen molar-refractivity contribution in [2.45, 2.75) is 38.3 Å². The third-order valence-corrected chi connectivity index (χ3v) is 3.79. The zero-order chi connectivity index (χ0) is 13.7. The highest BCUT2D eigenvalue weighted by molar-refractivity contribution is 5.71. The standard InChI is InChI=1S/C15H21NO3/c1-19-12-6-4-5-11(9-12)10-16-14-8-3-2-7-13(14)15(17)18/h4-6,9,13-14,16H,2-3,7-8,10H2,1H3,(H,17,18)/t13-,14-/m0/s1. The second kappa shape index (κ2) is 6.57. The quantitative estimate of drug-likeness (QED) is 0.856. The normalized spacial score (nSPS) is 23.0. The number of carboxylic acids is 1. The van der Waals surface area contributed by atoms with Crippen molar-refractivity contribution in [2.75, 3.05) is 7.11 Å². The molecule has 0 amide bonds. The number of carboxylic acid groups (broad SMARTS) is 1. The molecule has 2 N–H and O–H groups in total. The number of aliphatic carboxylic acids is 1. The van der Waals surface area contributed by atoms with Crippen LogP contribution >= 0.6 is 0 Å². The van der Waals surface area contributed by atoms with Gasteiger partial charge in [0.1, 0.15) is 5.75 Å². The van der Waals surface area contributed by atoms with Gasteiger partial charge < -0.3 is 15.2 Å². The van der Waals surface area contributed by atoms with Gasteiger partial charge in [0, 0.05) is 12.6 Å². The Morgan fingerprint density at radius 2 is 2.21 bits per heavy atom. The number of methoxy groups -OCH3 is 1. The topological polar surface area (TPSA) is 58.6 Å². The Hall–Kier alpha value is -1.55. The van der Waals surface area contributed by atoms with Crippen LogP contribution in [0.1, 0.15) is 31.2 Å². The molecule has 0 aliphatic heterocycles. The van der Waals surface area contributed by atoms with Crippen molar-refractivity contribution in [1.82, 2.24) is 5.32 Å². The minimum Gasteiger partial charge on any atom is -0.497 e. The van der Waals surface area contributed by atoms with E-state index in [2.05, 4.69) is 5.32 Å². The number of hydrogen-bond donors (Lipinski definition) is 2. The van der Waals surface area contributed by atoms with Crippen molar-refractivity contribution in [2.24, 2.45) is 5.92 Å². The van der Waals surface area contributed by atoms with Gasteiger partial charge in [-0.3, -0.25) is 4.79 Å². The van der Waals surface area contributed by atoms with Gasteiger partial charge in [0.15, 0.2) is 0 Å². The SMILES string of the molecule is COc1cccc(CN[C@H]2CCCC[C@@H]2C(=O)O)c1. The molecule has 1 aromatic rings. The number of rotatable bonds is 5. The molecular weight excluding hydrogens is 242 g/mol. The average Bonchev–Trinajstić information content (AvgIpc) is 2.45. The van der Waals surface area contributed by atoms with Gasteiger partial charge in [-0.05, 0) is 30.5 Å². The van der Waals surface area contributed by atoms with E-state index < -0.39 is 5.97 Å². The molecule has 19 heavy (non-hydrogen) atoms. The van der Waals surface area contributed by atoms with Gasteiger partial charge in [-0.25, -0.2) is 0 Å². The fourth-order valence-electron chi connectivity index (χ4n) is 2.70. The van der Waals surface area contributed by atoms with Crippen LogP contribution in [-0.2, 0) is 11.3 Å². The van der Waals surface area contributed by atoms with Crippen LogP contribution in [-0.4, -0.2) is 24.2 Å². The smallest absolute Gasteiger partial charge is 0.308 e. The third-order valence-electron chi connectivity index (χ3n) is 3.79. The van der Waals surface area contributed by atoms with Gasteiger partial charge in [-0.2, -0.15) is 0 Å². The van der Waals surface area contributed by atoms with Crippen LogP contribution in [0, 0.1) is 5.92 Å². The summed E-state index contributed by atoms with van der Waals surface area (Å²) < 4.78 is 5.18. The number of ether oxygens (including phenoxy) is 1. The molecule has 2 rings (SSSR count). The minimum absolute atomic E-state index is 0.0810. The number of nitrogens with one attached hydrogen (secondary N) is 1. The molecule has 0 heterocycles. The summed E-state index contributed by atoms with van der Waals surface area (Å²) in [5.41, 5.74) is 1.12. The van der Waals surface area contributed by atoms with E-state index in [1.165, 1.54) is 0 Å². The van der Waals surface area contributed by atoms with E-state index in [0.29, 0.717) is 6.54 Å². The van der Waals surface area contributed by atoms with E-state index in [4.69, 9.17) is 4.74 Å². The third kappa shape index (κ3) is 3.70. The molecule has 0 radical (unpaired) electrons. The van der Waals surface area contributed by atoms with Gasteiger partial charge in [0.05, 0.1) is 13.0 Å². The summed E-state index contributed by atoms with van der Waals surface area (Å²) in [6.07, 6.45) is 3.86. The van der Waals surface area contributed by atoms with Crippen LogP contribution in [0.3, 0.4) is 0 Å². The predicted octanol–water partition coefficient (Wildman–Crippen LogP) is 2.43. The molecule has 0 spiro atoms. The van der Waals surface area contributed by atoms with Gasteiger partial charge >= 0.3 is 5.97 Å². The first-order chi connectivity index (χ1) is 9.20. The van der Waals surface area contributed by atoms with Crippen molar-refractivity contribution in [3.05, 3.63) is 29.8 Å². The van der Waals surface area contributed by atoms with Gasteiger partial charge in [0.2, 0.25) is 0 Å². The summed E-state index contributed by atoms with van der Waals surface area (Å²) in [4.78, 5) is 11.2. The summed E-state index contributed by atoms with van der Waals surface area (Å²) in [5, 5.41) is 12.6. The highest BCUT2D eigenvalue weighted by Crippen LogP contribution is 2.25. The zero-order valence-corrected chi connectivity index (χ0v) is 11.3. The summed E-state index contributed by atoms with van der Waals surface area (Å²) in [6.45, 7) is 0.686. The van der Waals surface area contributed by atoms with E-state index in [1.54, 1.807) is 7.11 Å². The summed E-state index contributed by atoms with van der Waals surface area (Å²) in [6, 6.07) is 7.94. The molecule has 4 heteroatoms.